The number of hydrogen-bond donors (Lipinski definition) is 2. The van der Waals surface area contributed by atoms with Crippen LogP contribution in [0.1, 0.15) is 26.7 Å². The van der Waals surface area contributed by atoms with Crippen molar-refractivity contribution in [3.63, 3.8) is 0 Å². The zero-order valence-corrected chi connectivity index (χ0v) is 9.99. The summed E-state index contributed by atoms with van der Waals surface area (Å²) >= 11 is 0. The monoisotopic (exact) mass is 231 g/mol. The highest BCUT2D eigenvalue weighted by atomic mass is 16.6. The maximum absolute atomic E-state index is 11.8. The normalized spacial score (nSPS) is 24.8. The van der Waals surface area contributed by atoms with Crippen LogP contribution in [0.15, 0.2) is 0 Å². The third-order valence-corrected chi connectivity index (χ3v) is 2.98. The highest BCUT2D eigenvalue weighted by molar-refractivity contribution is 5.81. The lowest BCUT2D eigenvalue weighted by molar-refractivity contribution is -0.149. The van der Waals surface area contributed by atoms with Crippen molar-refractivity contribution in [1.82, 2.24) is 5.32 Å². The minimum Gasteiger partial charge on any atom is -0.396 e. The van der Waals surface area contributed by atoms with Gasteiger partial charge in [0, 0.05) is 12.1 Å². The Balaban J connectivity index is 2.47. The third kappa shape index (κ3) is 3.73. The maximum atomic E-state index is 11.8. The first-order valence-electron chi connectivity index (χ1n) is 5.73. The molecule has 1 aliphatic heterocycles. The van der Waals surface area contributed by atoms with E-state index in [1.807, 2.05) is 13.8 Å². The van der Waals surface area contributed by atoms with Crippen molar-refractivity contribution in [3.05, 3.63) is 0 Å². The molecule has 1 saturated heterocycles. The maximum Gasteiger partial charge on any atom is 0.251 e. The van der Waals surface area contributed by atoms with E-state index in [4.69, 9.17) is 14.6 Å². The minimum atomic E-state index is -0.515. The van der Waals surface area contributed by atoms with Gasteiger partial charge in [-0.15, -0.1) is 0 Å². The summed E-state index contributed by atoms with van der Waals surface area (Å²) in [5.74, 6) is -0.155. The molecule has 1 aliphatic rings. The zero-order chi connectivity index (χ0) is 12.0. The smallest absolute Gasteiger partial charge is 0.251 e. The van der Waals surface area contributed by atoms with E-state index in [9.17, 15) is 4.79 Å². The molecule has 94 valence electrons. The number of carbonyl (C=O) groups excluding carboxylic acids is 1. The van der Waals surface area contributed by atoms with E-state index in [1.54, 1.807) is 0 Å². The number of carbonyl (C=O) groups is 1. The molecule has 0 aromatic heterocycles. The van der Waals surface area contributed by atoms with Gasteiger partial charge in [-0.3, -0.25) is 4.79 Å². The molecule has 2 N–H and O–H groups in total. The van der Waals surface area contributed by atoms with E-state index in [0.717, 1.165) is 6.42 Å². The molecule has 1 fully saturated rings. The second kappa shape index (κ2) is 6.18. The highest BCUT2D eigenvalue weighted by Crippen LogP contribution is 2.14. The van der Waals surface area contributed by atoms with Gasteiger partial charge in [0.05, 0.1) is 19.8 Å². The van der Waals surface area contributed by atoms with Gasteiger partial charge in [0.1, 0.15) is 0 Å². The van der Waals surface area contributed by atoms with Crippen LogP contribution in [0, 0.1) is 0 Å². The van der Waals surface area contributed by atoms with Crippen LogP contribution in [-0.4, -0.2) is 49.1 Å². The second-order valence-corrected chi connectivity index (χ2v) is 4.31. The molecule has 1 rings (SSSR count). The number of nitrogens with one attached hydrogen (secondary N) is 1. The number of aliphatic hydroxyl groups is 1. The molecule has 16 heavy (non-hydrogen) atoms. The van der Waals surface area contributed by atoms with Crippen LogP contribution < -0.4 is 5.32 Å². The molecule has 0 radical (unpaired) electrons. The van der Waals surface area contributed by atoms with E-state index >= 15 is 0 Å². The van der Waals surface area contributed by atoms with Crippen LogP contribution in [0.25, 0.3) is 0 Å². The summed E-state index contributed by atoms with van der Waals surface area (Å²) in [5.41, 5.74) is -0.368. The molecule has 1 heterocycles. The van der Waals surface area contributed by atoms with Gasteiger partial charge in [-0.05, 0) is 19.8 Å². The first kappa shape index (κ1) is 13.4. The Hall–Kier alpha value is -0.650. The molecule has 5 heteroatoms. The van der Waals surface area contributed by atoms with Crippen molar-refractivity contribution in [3.8, 4) is 0 Å². The Labute approximate surface area is 96.1 Å². The highest BCUT2D eigenvalue weighted by Gasteiger charge is 2.29. The lowest BCUT2D eigenvalue weighted by Crippen LogP contribution is -2.52. The number of amides is 1. The number of hydrogen-bond acceptors (Lipinski definition) is 4. The summed E-state index contributed by atoms with van der Waals surface area (Å²) in [6, 6.07) is 0. The van der Waals surface area contributed by atoms with Gasteiger partial charge >= 0.3 is 0 Å². The van der Waals surface area contributed by atoms with Gasteiger partial charge in [0.2, 0.25) is 0 Å². The average molecular weight is 231 g/mol. The second-order valence-electron chi connectivity index (χ2n) is 4.31. The Morgan fingerprint density at radius 3 is 2.81 bits per heavy atom. The van der Waals surface area contributed by atoms with E-state index in [-0.39, 0.29) is 18.1 Å². The van der Waals surface area contributed by atoms with Crippen molar-refractivity contribution < 1.29 is 19.4 Å². The van der Waals surface area contributed by atoms with Crippen LogP contribution in [-0.2, 0) is 14.3 Å². The van der Waals surface area contributed by atoms with E-state index in [2.05, 4.69) is 5.32 Å². The summed E-state index contributed by atoms with van der Waals surface area (Å²) in [6.45, 7) is 5.28. The average Bonchev–Trinajstić information content (AvgIpc) is 2.30. The molecule has 0 spiro atoms. The van der Waals surface area contributed by atoms with Gasteiger partial charge in [-0.1, -0.05) is 6.92 Å². The quantitative estimate of drug-likeness (QED) is 0.702. The predicted molar refractivity (Wildman–Crippen MR) is 59.1 cm³/mol. The fraction of sp³-hybridized carbons (Fsp3) is 0.909. The van der Waals surface area contributed by atoms with E-state index in [1.165, 1.54) is 0 Å². The molecule has 2 unspecified atom stereocenters. The van der Waals surface area contributed by atoms with Crippen LogP contribution in [0.5, 0.6) is 0 Å². The largest absolute Gasteiger partial charge is 0.396 e. The van der Waals surface area contributed by atoms with Crippen molar-refractivity contribution in [2.75, 3.05) is 26.4 Å². The Bertz CT molecular complexity index is 228. The molecule has 0 saturated carbocycles. The number of rotatable bonds is 5. The fourth-order valence-electron chi connectivity index (χ4n) is 1.59. The molecule has 1 amide bonds. The van der Waals surface area contributed by atoms with E-state index in [0.29, 0.717) is 26.2 Å². The van der Waals surface area contributed by atoms with Crippen molar-refractivity contribution in [1.29, 1.82) is 0 Å². The lowest BCUT2D eigenvalue weighted by atomic mass is 9.94. The first-order valence-corrected chi connectivity index (χ1v) is 5.73. The van der Waals surface area contributed by atoms with Gasteiger partial charge < -0.3 is 19.9 Å². The molecule has 2 atom stereocenters. The first-order chi connectivity index (χ1) is 7.61. The standard InChI is InChI=1S/C11H21NO4/c1-3-11(2,4-5-13)12-10(14)9-8-15-6-7-16-9/h9,13H,3-8H2,1-2H3,(H,12,14). The molecule has 5 nitrogen and oxygen atoms in total. The summed E-state index contributed by atoms with van der Waals surface area (Å²) in [7, 11) is 0. The SMILES string of the molecule is CCC(C)(CCO)NC(=O)C1COCCO1. The third-order valence-electron chi connectivity index (χ3n) is 2.98. The predicted octanol–water partition coefficient (Wildman–Crippen LogP) is 0.0691. The number of aliphatic hydroxyl groups excluding tert-OH is 1. The van der Waals surface area contributed by atoms with Gasteiger partial charge in [0.25, 0.3) is 5.91 Å². The van der Waals surface area contributed by atoms with Crippen molar-refractivity contribution in [2.45, 2.75) is 38.3 Å². The Morgan fingerprint density at radius 1 is 1.56 bits per heavy atom. The van der Waals surface area contributed by atoms with E-state index < -0.39 is 6.10 Å². The summed E-state index contributed by atoms with van der Waals surface area (Å²) < 4.78 is 10.5. The molecule has 0 aromatic carbocycles. The summed E-state index contributed by atoms with van der Waals surface area (Å²) in [4.78, 5) is 11.8. The van der Waals surface area contributed by atoms with Crippen LogP contribution in [0.2, 0.25) is 0 Å². The summed E-state index contributed by atoms with van der Waals surface area (Å²) in [6.07, 6.45) is 0.800. The molecular weight excluding hydrogens is 210 g/mol. The van der Waals surface area contributed by atoms with Crippen LogP contribution in [0.3, 0.4) is 0 Å². The Morgan fingerprint density at radius 2 is 2.31 bits per heavy atom. The topological polar surface area (TPSA) is 67.8 Å². The molecular formula is C11H21NO4. The number of ether oxygens (including phenoxy) is 2. The zero-order valence-electron chi connectivity index (χ0n) is 9.99. The van der Waals surface area contributed by atoms with Crippen LogP contribution in [0.4, 0.5) is 0 Å². The molecule has 0 aromatic rings. The lowest BCUT2D eigenvalue weighted by Gasteiger charge is -2.32. The van der Waals surface area contributed by atoms with Gasteiger partial charge in [0.15, 0.2) is 6.10 Å². The molecule has 0 aliphatic carbocycles. The van der Waals surface area contributed by atoms with Crippen molar-refractivity contribution in [2.24, 2.45) is 0 Å². The van der Waals surface area contributed by atoms with Crippen LogP contribution >= 0.6 is 0 Å². The van der Waals surface area contributed by atoms with Crippen molar-refractivity contribution >= 4 is 5.91 Å². The molecule has 0 bridgehead atoms. The fourth-order valence-corrected chi connectivity index (χ4v) is 1.59. The van der Waals surface area contributed by atoms with Gasteiger partial charge in [-0.2, -0.15) is 0 Å². The van der Waals surface area contributed by atoms with Gasteiger partial charge in [-0.25, -0.2) is 0 Å². The minimum absolute atomic E-state index is 0.0621. The Kier molecular flexibility index (Phi) is 5.18. The summed E-state index contributed by atoms with van der Waals surface area (Å²) in [5, 5.41) is 11.9.